The highest BCUT2D eigenvalue weighted by Crippen LogP contribution is 2.22. The zero-order valence-electron chi connectivity index (χ0n) is 9.81. The van der Waals surface area contributed by atoms with Crippen LogP contribution in [0.4, 0.5) is 0 Å². The molecule has 0 bridgehead atoms. The van der Waals surface area contributed by atoms with Gasteiger partial charge in [0.25, 0.3) is 10.1 Å². The van der Waals surface area contributed by atoms with Crippen LogP contribution in [0.5, 0.6) is 0 Å². The Kier molecular flexibility index (Phi) is 5.06. The van der Waals surface area contributed by atoms with Gasteiger partial charge in [0.05, 0.1) is 6.61 Å². The molecule has 0 aliphatic heterocycles. The Bertz CT molecular complexity index is 519. The Morgan fingerprint density at radius 2 is 2.00 bits per heavy atom. The average molecular weight is 270 g/mol. The summed E-state index contributed by atoms with van der Waals surface area (Å²) in [5.74, 6) is -0.651. The van der Waals surface area contributed by atoms with Crippen molar-refractivity contribution in [2.45, 2.75) is 12.2 Å². The lowest BCUT2D eigenvalue weighted by atomic mass is 10.1. The zero-order chi connectivity index (χ0) is 13.6. The summed E-state index contributed by atoms with van der Waals surface area (Å²) in [6.07, 6.45) is 2.09. The second-order valence-corrected chi connectivity index (χ2v) is 5.00. The normalized spacial score (nSPS) is 13.4. The van der Waals surface area contributed by atoms with E-state index >= 15 is 0 Å². The first-order chi connectivity index (χ1) is 8.45. The summed E-state index contributed by atoms with van der Waals surface area (Å²) >= 11 is 0. The number of rotatable bonds is 5. The molecule has 0 aliphatic carbocycles. The molecule has 1 aromatic carbocycles. The highest BCUT2D eigenvalue weighted by Gasteiger charge is 2.22. The predicted molar refractivity (Wildman–Crippen MR) is 66.5 cm³/mol. The van der Waals surface area contributed by atoms with Crippen molar-refractivity contribution in [1.29, 1.82) is 0 Å². The van der Waals surface area contributed by atoms with Crippen molar-refractivity contribution in [2.75, 3.05) is 6.61 Å². The topological polar surface area (TPSA) is 80.7 Å². The van der Waals surface area contributed by atoms with Crippen LogP contribution in [0.3, 0.4) is 0 Å². The number of esters is 1. The minimum absolute atomic E-state index is 0.199. The van der Waals surface area contributed by atoms with Crippen LogP contribution in [0.1, 0.15) is 17.7 Å². The Balaban J connectivity index is 2.99. The van der Waals surface area contributed by atoms with Crippen LogP contribution in [0.2, 0.25) is 0 Å². The van der Waals surface area contributed by atoms with Crippen molar-refractivity contribution >= 4 is 16.1 Å². The molecule has 6 heteroatoms. The predicted octanol–water partition coefficient (Wildman–Crippen LogP) is 1.73. The molecule has 0 aliphatic rings. The summed E-state index contributed by atoms with van der Waals surface area (Å²) < 4.78 is 36.3. The second-order valence-electron chi connectivity index (χ2n) is 3.46. The lowest BCUT2D eigenvalue weighted by molar-refractivity contribution is -0.137. The molecule has 1 unspecified atom stereocenters. The van der Waals surface area contributed by atoms with Crippen LogP contribution < -0.4 is 0 Å². The Morgan fingerprint density at radius 3 is 2.50 bits per heavy atom. The van der Waals surface area contributed by atoms with E-state index in [0.29, 0.717) is 5.56 Å². The van der Waals surface area contributed by atoms with Crippen LogP contribution >= 0.6 is 0 Å². The summed E-state index contributed by atoms with van der Waals surface area (Å²) in [6.45, 7) is 1.84. The standard InChI is InChI=1S/C12H14O5S/c1-2-17-12(13)9-8-11(18(14,15)16)10-6-4-3-5-7-10/h3-9,11H,2H2,1H3,(H,14,15,16)/b9-8+. The maximum atomic E-state index is 11.3. The summed E-state index contributed by atoms with van der Waals surface area (Å²) in [6, 6.07) is 8.11. The van der Waals surface area contributed by atoms with Gasteiger partial charge in [-0.25, -0.2) is 4.79 Å². The average Bonchev–Trinajstić information content (AvgIpc) is 2.29. The molecule has 0 saturated heterocycles. The molecular formula is C12H14O5S. The number of ether oxygens (including phenoxy) is 1. The van der Waals surface area contributed by atoms with Gasteiger partial charge in [0.15, 0.2) is 0 Å². The fourth-order valence-corrected chi connectivity index (χ4v) is 2.16. The van der Waals surface area contributed by atoms with Gasteiger partial charge in [-0.1, -0.05) is 36.4 Å². The van der Waals surface area contributed by atoms with Crippen molar-refractivity contribution < 1.29 is 22.5 Å². The van der Waals surface area contributed by atoms with E-state index in [1.54, 1.807) is 37.3 Å². The van der Waals surface area contributed by atoms with Crippen molar-refractivity contribution in [3.63, 3.8) is 0 Å². The van der Waals surface area contributed by atoms with E-state index in [4.69, 9.17) is 4.55 Å². The fraction of sp³-hybridized carbons (Fsp3) is 0.250. The first-order valence-electron chi connectivity index (χ1n) is 5.31. The van der Waals surface area contributed by atoms with E-state index in [-0.39, 0.29) is 6.61 Å². The van der Waals surface area contributed by atoms with Gasteiger partial charge in [0.1, 0.15) is 5.25 Å². The fourth-order valence-electron chi connectivity index (χ4n) is 1.38. The molecule has 5 nitrogen and oxygen atoms in total. The van der Waals surface area contributed by atoms with Crippen LogP contribution in [-0.2, 0) is 19.6 Å². The van der Waals surface area contributed by atoms with Crippen LogP contribution in [0.15, 0.2) is 42.5 Å². The van der Waals surface area contributed by atoms with E-state index in [2.05, 4.69) is 4.74 Å². The monoisotopic (exact) mass is 270 g/mol. The lowest BCUT2D eigenvalue weighted by Gasteiger charge is -2.09. The Morgan fingerprint density at radius 1 is 1.39 bits per heavy atom. The van der Waals surface area contributed by atoms with Gasteiger partial charge in [0, 0.05) is 6.08 Å². The van der Waals surface area contributed by atoms with Gasteiger partial charge >= 0.3 is 5.97 Å². The summed E-state index contributed by atoms with van der Waals surface area (Å²) in [5, 5.41) is -1.27. The third kappa shape index (κ3) is 4.31. The van der Waals surface area contributed by atoms with Crippen LogP contribution in [-0.4, -0.2) is 25.5 Å². The van der Waals surface area contributed by atoms with Crippen molar-refractivity contribution in [3.8, 4) is 0 Å². The lowest BCUT2D eigenvalue weighted by Crippen LogP contribution is -2.10. The van der Waals surface area contributed by atoms with Gasteiger partial charge < -0.3 is 4.74 Å². The Labute approximate surface area is 106 Å². The van der Waals surface area contributed by atoms with Gasteiger partial charge in [-0.3, -0.25) is 4.55 Å². The van der Waals surface area contributed by atoms with Crippen LogP contribution in [0, 0.1) is 0 Å². The highest BCUT2D eigenvalue weighted by molar-refractivity contribution is 7.86. The molecule has 1 atom stereocenters. The van der Waals surface area contributed by atoms with Crippen molar-refractivity contribution in [3.05, 3.63) is 48.0 Å². The van der Waals surface area contributed by atoms with E-state index < -0.39 is 21.3 Å². The highest BCUT2D eigenvalue weighted by atomic mass is 32.2. The minimum Gasteiger partial charge on any atom is -0.463 e. The summed E-state index contributed by atoms with van der Waals surface area (Å²) in [5.41, 5.74) is 0.376. The van der Waals surface area contributed by atoms with Crippen LogP contribution in [0.25, 0.3) is 0 Å². The molecule has 18 heavy (non-hydrogen) atoms. The summed E-state index contributed by atoms with van der Waals surface area (Å²) in [4.78, 5) is 11.1. The Hall–Kier alpha value is -1.66. The maximum Gasteiger partial charge on any atom is 0.330 e. The maximum absolute atomic E-state index is 11.3. The molecule has 0 saturated carbocycles. The zero-order valence-corrected chi connectivity index (χ0v) is 10.6. The molecule has 0 heterocycles. The van der Waals surface area contributed by atoms with Crippen molar-refractivity contribution in [2.24, 2.45) is 0 Å². The number of hydrogen-bond donors (Lipinski definition) is 1. The third-order valence-electron chi connectivity index (χ3n) is 2.14. The molecular weight excluding hydrogens is 256 g/mol. The number of carbonyl (C=O) groups excluding carboxylic acids is 1. The first-order valence-corrected chi connectivity index (χ1v) is 6.81. The molecule has 0 aromatic heterocycles. The molecule has 1 aromatic rings. The first kappa shape index (κ1) is 14.4. The van der Waals surface area contributed by atoms with Crippen molar-refractivity contribution in [1.82, 2.24) is 0 Å². The van der Waals surface area contributed by atoms with E-state index in [1.807, 2.05) is 0 Å². The quantitative estimate of drug-likeness (QED) is 0.500. The molecule has 0 spiro atoms. The van der Waals surface area contributed by atoms with Gasteiger partial charge in [-0.05, 0) is 12.5 Å². The second kappa shape index (κ2) is 6.32. The number of hydrogen-bond acceptors (Lipinski definition) is 4. The van der Waals surface area contributed by atoms with E-state index in [0.717, 1.165) is 12.2 Å². The smallest absolute Gasteiger partial charge is 0.330 e. The largest absolute Gasteiger partial charge is 0.463 e. The molecule has 1 rings (SSSR count). The van der Waals surface area contributed by atoms with Gasteiger partial charge in [-0.2, -0.15) is 8.42 Å². The number of benzene rings is 1. The van der Waals surface area contributed by atoms with E-state index in [9.17, 15) is 13.2 Å². The third-order valence-corrected chi connectivity index (χ3v) is 3.21. The van der Waals surface area contributed by atoms with E-state index in [1.165, 1.54) is 0 Å². The molecule has 98 valence electrons. The molecule has 0 fully saturated rings. The molecule has 0 radical (unpaired) electrons. The SMILES string of the molecule is CCOC(=O)/C=C/C(c1ccccc1)S(=O)(=O)O. The molecule has 0 amide bonds. The molecule has 1 N–H and O–H groups in total. The minimum atomic E-state index is -4.32. The summed E-state index contributed by atoms with van der Waals surface area (Å²) in [7, 11) is -4.32. The van der Waals surface area contributed by atoms with Gasteiger partial charge in [0.2, 0.25) is 0 Å². The number of carbonyl (C=O) groups is 1. The van der Waals surface area contributed by atoms with Gasteiger partial charge in [-0.15, -0.1) is 0 Å².